The average Bonchev–Trinajstić information content (AvgIpc) is 2.71. The molecule has 0 heterocycles. The first kappa shape index (κ1) is 21.5. The standard InChI is InChI=1S/C22H22N2O5/c1-14(2)16-5-4-6-18(11-16)28-13-21(25)29-19-8-7-15(10-20(19)27-3)9-17(12-23)22(24)26/h4-11,14H,13H2,1-3H3,(H2,24,26)/b17-9+. The van der Waals surface area contributed by atoms with Gasteiger partial charge in [-0.15, -0.1) is 0 Å². The summed E-state index contributed by atoms with van der Waals surface area (Å²) >= 11 is 0. The number of amides is 1. The van der Waals surface area contributed by atoms with E-state index in [1.54, 1.807) is 18.2 Å². The summed E-state index contributed by atoms with van der Waals surface area (Å²) in [6.07, 6.45) is 1.32. The minimum absolute atomic E-state index is 0.187. The summed E-state index contributed by atoms with van der Waals surface area (Å²) in [5, 5.41) is 8.92. The molecule has 7 heteroatoms. The van der Waals surface area contributed by atoms with E-state index in [0.717, 1.165) is 5.56 Å². The smallest absolute Gasteiger partial charge is 0.349 e. The largest absolute Gasteiger partial charge is 0.493 e. The van der Waals surface area contributed by atoms with Crippen LogP contribution in [0.3, 0.4) is 0 Å². The maximum Gasteiger partial charge on any atom is 0.349 e. The van der Waals surface area contributed by atoms with E-state index in [1.807, 2.05) is 18.2 Å². The zero-order chi connectivity index (χ0) is 21.4. The third kappa shape index (κ3) is 6.11. The number of benzene rings is 2. The Hall–Kier alpha value is -3.79. The highest BCUT2D eigenvalue weighted by Crippen LogP contribution is 2.29. The second kappa shape index (κ2) is 9.95. The Morgan fingerprint density at radius 2 is 1.93 bits per heavy atom. The fourth-order valence-corrected chi connectivity index (χ4v) is 2.44. The van der Waals surface area contributed by atoms with E-state index >= 15 is 0 Å². The van der Waals surface area contributed by atoms with Crippen molar-refractivity contribution in [3.63, 3.8) is 0 Å². The molecule has 0 aliphatic rings. The van der Waals surface area contributed by atoms with Crippen molar-refractivity contribution in [2.75, 3.05) is 13.7 Å². The molecule has 7 nitrogen and oxygen atoms in total. The first-order chi connectivity index (χ1) is 13.8. The summed E-state index contributed by atoms with van der Waals surface area (Å²) in [6.45, 7) is 3.87. The summed E-state index contributed by atoms with van der Waals surface area (Å²) in [5.74, 6) is -0.0611. The molecule has 0 unspecified atom stereocenters. The van der Waals surface area contributed by atoms with Crippen LogP contribution in [0, 0.1) is 11.3 Å². The lowest BCUT2D eigenvalue weighted by molar-refractivity contribution is -0.136. The molecule has 2 aromatic rings. The zero-order valence-corrected chi connectivity index (χ0v) is 16.5. The molecule has 0 aromatic heterocycles. The van der Waals surface area contributed by atoms with Gasteiger partial charge in [0.1, 0.15) is 17.4 Å². The Morgan fingerprint density at radius 3 is 2.55 bits per heavy atom. The Labute approximate surface area is 169 Å². The summed E-state index contributed by atoms with van der Waals surface area (Å²) in [6, 6.07) is 13.8. The maximum atomic E-state index is 12.2. The summed E-state index contributed by atoms with van der Waals surface area (Å²) < 4.78 is 16.0. The van der Waals surface area contributed by atoms with Gasteiger partial charge < -0.3 is 19.9 Å². The molecule has 0 aliphatic carbocycles. The van der Waals surface area contributed by atoms with Crippen LogP contribution in [-0.2, 0) is 9.59 Å². The predicted octanol–water partition coefficient (Wildman–Crippen LogP) is 3.20. The van der Waals surface area contributed by atoms with Crippen molar-refractivity contribution in [1.82, 2.24) is 0 Å². The average molecular weight is 394 g/mol. The zero-order valence-electron chi connectivity index (χ0n) is 16.5. The minimum atomic E-state index is -0.833. The van der Waals surface area contributed by atoms with Crippen molar-refractivity contribution >= 4 is 18.0 Å². The second-order valence-corrected chi connectivity index (χ2v) is 6.43. The van der Waals surface area contributed by atoms with E-state index in [-0.39, 0.29) is 23.7 Å². The molecule has 0 fully saturated rings. The fourth-order valence-electron chi connectivity index (χ4n) is 2.44. The van der Waals surface area contributed by atoms with Crippen LogP contribution in [0.4, 0.5) is 0 Å². The molecule has 150 valence electrons. The van der Waals surface area contributed by atoms with Crippen LogP contribution in [-0.4, -0.2) is 25.6 Å². The van der Waals surface area contributed by atoms with Crippen LogP contribution in [0.25, 0.3) is 6.08 Å². The van der Waals surface area contributed by atoms with Crippen molar-refractivity contribution in [2.24, 2.45) is 5.73 Å². The highest BCUT2D eigenvalue weighted by Gasteiger charge is 2.13. The Kier molecular flexibility index (Phi) is 7.38. The van der Waals surface area contributed by atoms with Crippen LogP contribution in [0.15, 0.2) is 48.0 Å². The third-order valence-corrected chi connectivity index (χ3v) is 3.99. The molecule has 0 saturated carbocycles. The molecular formula is C22H22N2O5. The molecule has 0 atom stereocenters. The number of carbonyl (C=O) groups excluding carboxylic acids is 2. The van der Waals surface area contributed by atoms with E-state index in [2.05, 4.69) is 13.8 Å². The van der Waals surface area contributed by atoms with Crippen molar-refractivity contribution in [2.45, 2.75) is 19.8 Å². The molecule has 29 heavy (non-hydrogen) atoms. The van der Waals surface area contributed by atoms with Gasteiger partial charge >= 0.3 is 5.97 Å². The molecule has 0 saturated heterocycles. The molecular weight excluding hydrogens is 372 g/mol. The summed E-state index contributed by atoms with van der Waals surface area (Å²) in [4.78, 5) is 23.3. The van der Waals surface area contributed by atoms with Gasteiger partial charge in [0.2, 0.25) is 0 Å². The Balaban J connectivity index is 2.07. The van der Waals surface area contributed by atoms with Gasteiger partial charge in [0.25, 0.3) is 5.91 Å². The van der Waals surface area contributed by atoms with Gasteiger partial charge in [0, 0.05) is 0 Å². The number of primary amides is 1. The fraction of sp³-hybridized carbons (Fsp3) is 0.227. The monoisotopic (exact) mass is 394 g/mol. The van der Waals surface area contributed by atoms with Crippen molar-refractivity contribution in [3.8, 4) is 23.3 Å². The second-order valence-electron chi connectivity index (χ2n) is 6.43. The summed E-state index contributed by atoms with van der Waals surface area (Å²) in [7, 11) is 1.41. The third-order valence-electron chi connectivity index (χ3n) is 3.99. The summed E-state index contributed by atoms with van der Waals surface area (Å²) in [5.41, 5.74) is 6.53. The number of nitrogens with zero attached hydrogens (tertiary/aromatic N) is 1. The normalized spacial score (nSPS) is 10.9. The van der Waals surface area contributed by atoms with E-state index in [9.17, 15) is 9.59 Å². The lowest BCUT2D eigenvalue weighted by Crippen LogP contribution is -2.18. The Morgan fingerprint density at radius 1 is 1.17 bits per heavy atom. The molecule has 1 amide bonds. The molecule has 2 aromatic carbocycles. The lowest BCUT2D eigenvalue weighted by atomic mass is 10.0. The highest BCUT2D eigenvalue weighted by atomic mass is 16.6. The minimum Gasteiger partial charge on any atom is -0.493 e. The molecule has 2 rings (SSSR count). The van der Waals surface area contributed by atoms with Gasteiger partial charge in [-0.1, -0.05) is 32.0 Å². The van der Waals surface area contributed by atoms with Crippen molar-refractivity contribution < 1.29 is 23.8 Å². The van der Waals surface area contributed by atoms with Crippen LogP contribution in [0.5, 0.6) is 17.2 Å². The Bertz CT molecular complexity index is 973. The number of ether oxygens (including phenoxy) is 3. The first-order valence-electron chi connectivity index (χ1n) is 8.87. The van der Waals surface area contributed by atoms with Crippen molar-refractivity contribution in [1.29, 1.82) is 5.26 Å². The quantitative estimate of drug-likeness (QED) is 0.318. The lowest BCUT2D eigenvalue weighted by Gasteiger charge is -2.12. The maximum absolute atomic E-state index is 12.2. The highest BCUT2D eigenvalue weighted by molar-refractivity contribution is 6.00. The SMILES string of the molecule is COc1cc(/C=C(\C#N)C(N)=O)ccc1OC(=O)COc1cccc(C(C)C)c1. The van der Waals surface area contributed by atoms with Gasteiger partial charge in [-0.05, 0) is 47.4 Å². The van der Waals surface area contributed by atoms with Crippen LogP contribution < -0.4 is 19.9 Å². The van der Waals surface area contributed by atoms with Crippen LogP contribution in [0.1, 0.15) is 30.9 Å². The molecule has 0 radical (unpaired) electrons. The predicted molar refractivity (Wildman–Crippen MR) is 107 cm³/mol. The number of hydrogen-bond acceptors (Lipinski definition) is 6. The van der Waals surface area contributed by atoms with E-state index < -0.39 is 11.9 Å². The van der Waals surface area contributed by atoms with Crippen LogP contribution >= 0.6 is 0 Å². The number of esters is 1. The molecule has 0 aliphatic heterocycles. The number of nitrogens with two attached hydrogens (primary N) is 1. The van der Waals surface area contributed by atoms with E-state index in [0.29, 0.717) is 17.2 Å². The number of methoxy groups -OCH3 is 1. The molecule has 0 spiro atoms. The van der Waals surface area contributed by atoms with Gasteiger partial charge in [-0.25, -0.2) is 4.79 Å². The molecule has 0 bridgehead atoms. The first-order valence-corrected chi connectivity index (χ1v) is 8.87. The number of rotatable bonds is 8. The van der Waals surface area contributed by atoms with Gasteiger partial charge in [-0.3, -0.25) is 4.79 Å². The number of hydrogen-bond donors (Lipinski definition) is 1. The van der Waals surface area contributed by atoms with Gasteiger partial charge in [0.15, 0.2) is 18.1 Å². The number of carbonyl (C=O) groups is 2. The number of nitriles is 1. The molecule has 2 N–H and O–H groups in total. The van der Waals surface area contributed by atoms with Gasteiger partial charge in [0.05, 0.1) is 7.11 Å². The van der Waals surface area contributed by atoms with Crippen molar-refractivity contribution in [3.05, 3.63) is 59.2 Å². The van der Waals surface area contributed by atoms with Gasteiger partial charge in [-0.2, -0.15) is 5.26 Å². The van der Waals surface area contributed by atoms with E-state index in [4.69, 9.17) is 25.2 Å². The van der Waals surface area contributed by atoms with E-state index in [1.165, 1.54) is 25.3 Å². The van der Waals surface area contributed by atoms with Crippen LogP contribution in [0.2, 0.25) is 0 Å². The topological polar surface area (TPSA) is 112 Å².